The number of hydrogen-bond donors (Lipinski definition) is 2. The molecule has 0 spiro atoms. The van der Waals surface area contributed by atoms with Gasteiger partial charge in [0.15, 0.2) is 0 Å². The van der Waals surface area contributed by atoms with Gasteiger partial charge in [0, 0.05) is 25.7 Å². The van der Waals surface area contributed by atoms with E-state index >= 15 is 0 Å². The van der Waals surface area contributed by atoms with Crippen LogP contribution in [0.5, 0.6) is 0 Å². The molecule has 3 heteroatoms. The maximum atomic E-state index is 9.34. The van der Waals surface area contributed by atoms with Crippen LogP contribution in [0.2, 0.25) is 0 Å². The molecule has 0 aromatic carbocycles. The van der Waals surface area contributed by atoms with Gasteiger partial charge in [-0.1, -0.05) is 33.1 Å². The Morgan fingerprint density at radius 3 is 2.62 bits per heavy atom. The molecular formula is C18H36N2O. The van der Waals surface area contributed by atoms with E-state index in [4.69, 9.17) is 0 Å². The molecule has 2 rings (SSSR count). The maximum absolute atomic E-state index is 9.34. The van der Waals surface area contributed by atoms with Gasteiger partial charge in [-0.2, -0.15) is 0 Å². The fourth-order valence-corrected chi connectivity index (χ4v) is 4.33. The van der Waals surface area contributed by atoms with Crippen molar-refractivity contribution in [3.63, 3.8) is 0 Å². The molecule has 2 N–H and O–H groups in total. The Balaban J connectivity index is 1.99. The first-order valence-corrected chi connectivity index (χ1v) is 9.25. The van der Waals surface area contributed by atoms with Crippen LogP contribution in [0, 0.1) is 11.3 Å². The van der Waals surface area contributed by atoms with Crippen molar-refractivity contribution in [2.45, 2.75) is 71.3 Å². The van der Waals surface area contributed by atoms with Gasteiger partial charge in [0.2, 0.25) is 0 Å². The number of nitrogens with one attached hydrogen (secondary N) is 1. The fourth-order valence-electron chi connectivity index (χ4n) is 4.33. The molecule has 2 fully saturated rings. The zero-order valence-electron chi connectivity index (χ0n) is 14.2. The van der Waals surface area contributed by atoms with Crippen LogP contribution < -0.4 is 5.32 Å². The first-order valence-electron chi connectivity index (χ1n) is 9.25. The van der Waals surface area contributed by atoms with Crippen LogP contribution in [0.3, 0.4) is 0 Å². The highest BCUT2D eigenvalue weighted by atomic mass is 16.3. The van der Waals surface area contributed by atoms with Crippen molar-refractivity contribution in [3.05, 3.63) is 0 Å². The Bertz CT molecular complexity index is 279. The molecule has 0 radical (unpaired) electrons. The third-order valence-corrected chi connectivity index (χ3v) is 5.83. The summed E-state index contributed by atoms with van der Waals surface area (Å²) >= 11 is 0. The number of nitrogens with zero attached hydrogens (tertiary/aromatic N) is 1. The normalized spacial score (nSPS) is 35.0. The van der Waals surface area contributed by atoms with E-state index in [1.165, 1.54) is 64.6 Å². The molecule has 3 nitrogen and oxygen atoms in total. The number of rotatable bonds is 7. The summed E-state index contributed by atoms with van der Waals surface area (Å²) in [5.74, 6) is 0.911. The summed E-state index contributed by atoms with van der Waals surface area (Å²) in [6.07, 6.45) is 10.5. The Kier molecular flexibility index (Phi) is 6.97. The van der Waals surface area contributed by atoms with E-state index in [-0.39, 0.29) is 0 Å². The van der Waals surface area contributed by atoms with E-state index < -0.39 is 0 Å². The van der Waals surface area contributed by atoms with Crippen LogP contribution in [-0.2, 0) is 0 Å². The molecule has 1 unspecified atom stereocenters. The van der Waals surface area contributed by atoms with E-state index in [0.717, 1.165) is 18.9 Å². The second kappa shape index (κ2) is 8.50. The zero-order chi connectivity index (χ0) is 15.1. The lowest BCUT2D eigenvalue weighted by molar-refractivity contribution is 0.0376. The highest BCUT2D eigenvalue weighted by Gasteiger charge is 2.37. The van der Waals surface area contributed by atoms with E-state index in [0.29, 0.717) is 18.1 Å². The molecule has 0 amide bonds. The van der Waals surface area contributed by atoms with Crippen molar-refractivity contribution < 1.29 is 5.11 Å². The molecule has 1 aliphatic heterocycles. The second-order valence-corrected chi connectivity index (χ2v) is 7.60. The summed E-state index contributed by atoms with van der Waals surface area (Å²) in [7, 11) is 0. The van der Waals surface area contributed by atoms with Crippen LogP contribution in [-0.4, -0.2) is 48.8 Å². The Morgan fingerprint density at radius 1 is 1.19 bits per heavy atom. The molecule has 124 valence electrons. The topological polar surface area (TPSA) is 35.5 Å². The highest BCUT2D eigenvalue weighted by molar-refractivity contribution is 4.91. The SMILES string of the molecule is CCNCC1(CN2CCCCC2CCO)CCC(C)CC1. The fraction of sp³-hybridized carbons (Fsp3) is 1.00. The molecule has 1 heterocycles. The predicted molar refractivity (Wildman–Crippen MR) is 89.5 cm³/mol. The van der Waals surface area contributed by atoms with Crippen molar-refractivity contribution in [3.8, 4) is 0 Å². The Morgan fingerprint density at radius 2 is 1.95 bits per heavy atom. The summed E-state index contributed by atoms with van der Waals surface area (Å²) in [4.78, 5) is 2.72. The lowest BCUT2D eigenvalue weighted by Crippen LogP contribution is -2.50. The van der Waals surface area contributed by atoms with Crippen LogP contribution >= 0.6 is 0 Å². The van der Waals surface area contributed by atoms with Gasteiger partial charge >= 0.3 is 0 Å². The van der Waals surface area contributed by atoms with Crippen LogP contribution in [0.1, 0.15) is 65.2 Å². The zero-order valence-corrected chi connectivity index (χ0v) is 14.2. The first kappa shape index (κ1) is 17.2. The molecule has 0 aromatic rings. The minimum Gasteiger partial charge on any atom is -0.396 e. The van der Waals surface area contributed by atoms with E-state index in [9.17, 15) is 5.11 Å². The number of hydrogen-bond acceptors (Lipinski definition) is 3. The van der Waals surface area contributed by atoms with Crippen molar-refractivity contribution in [1.29, 1.82) is 0 Å². The van der Waals surface area contributed by atoms with Gasteiger partial charge in [0.05, 0.1) is 0 Å². The van der Waals surface area contributed by atoms with Crippen LogP contribution in [0.4, 0.5) is 0 Å². The molecule has 1 atom stereocenters. The average molecular weight is 296 g/mol. The molecule has 2 aliphatic rings. The van der Waals surface area contributed by atoms with Gasteiger partial charge in [-0.3, -0.25) is 4.90 Å². The smallest absolute Gasteiger partial charge is 0.0445 e. The highest BCUT2D eigenvalue weighted by Crippen LogP contribution is 2.40. The third-order valence-electron chi connectivity index (χ3n) is 5.83. The molecule has 1 saturated carbocycles. The monoisotopic (exact) mass is 296 g/mol. The summed E-state index contributed by atoms with van der Waals surface area (Å²) in [5.41, 5.74) is 0.480. The summed E-state index contributed by atoms with van der Waals surface area (Å²) in [6, 6.07) is 0.626. The molecular weight excluding hydrogens is 260 g/mol. The Labute approximate surface area is 131 Å². The Hall–Kier alpha value is -0.120. The molecule has 1 aliphatic carbocycles. The standard InChI is InChI=1S/C18H36N2O/c1-3-19-14-18(10-7-16(2)8-11-18)15-20-12-5-4-6-17(20)9-13-21/h16-17,19,21H,3-15H2,1-2H3. The van der Waals surface area contributed by atoms with E-state index in [2.05, 4.69) is 24.1 Å². The second-order valence-electron chi connectivity index (χ2n) is 7.60. The van der Waals surface area contributed by atoms with Gasteiger partial charge in [0.25, 0.3) is 0 Å². The average Bonchev–Trinajstić information content (AvgIpc) is 2.50. The quantitative estimate of drug-likeness (QED) is 0.758. The molecule has 0 aromatic heterocycles. The van der Waals surface area contributed by atoms with Gasteiger partial charge in [-0.15, -0.1) is 0 Å². The predicted octanol–water partition coefficient (Wildman–Crippen LogP) is 3.03. The number of piperidine rings is 1. The van der Waals surface area contributed by atoms with Gasteiger partial charge < -0.3 is 10.4 Å². The van der Waals surface area contributed by atoms with Gasteiger partial charge in [0.1, 0.15) is 0 Å². The van der Waals surface area contributed by atoms with Crippen LogP contribution in [0.15, 0.2) is 0 Å². The van der Waals surface area contributed by atoms with E-state index in [1.54, 1.807) is 0 Å². The van der Waals surface area contributed by atoms with Crippen LogP contribution in [0.25, 0.3) is 0 Å². The van der Waals surface area contributed by atoms with Crippen molar-refractivity contribution in [2.75, 3.05) is 32.8 Å². The molecule has 21 heavy (non-hydrogen) atoms. The first-order chi connectivity index (χ1) is 10.2. The number of likely N-dealkylation sites (tertiary alicyclic amines) is 1. The lowest BCUT2D eigenvalue weighted by atomic mass is 9.70. The minimum atomic E-state index is 0.346. The summed E-state index contributed by atoms with van der Waals surface area (Å²) in [5, 5.41) is 13.0. The largest absolute Gasteiger partial charge is 0.396 e. The van der Waals surface area contributed by atoms with E-state index in [1.807, 2.05) is 0 Å². The van der Waals surface area contributed by atoms with Crippen molar-refractivity contribution >= 4 is 0 Å². The summed E-state index contributed by atoms with van der Waals surface area (Å²) < 4.78 is 0. The third kappa shape index (κ3) is 4.94. The molecule has 0 bridgehead atoms. The van der Waals surface area contributed by atoms with Gasteiger partial charge in [-0.25, -0.2) is 0 Å². The number of aliphatic hydroxyl groups is 1. The van der Waals surface area contributed by atoms with Gasteiger partial charge in [-0.05, 0) is 56.5 Å². The van der Waals surface area contributed by atoms with Crippen molar-refractivity contribution in [2.24, 2.45) is 11.3 Å². The number of aliphatic hydroxyl groups excluding tert-OH is 1. The lowest BCUT2D eigenvalue weighted by Gasteiger charge is -2.46. The maximum Gasteiger partial charge on any atom is 0.0445 e. The molecule has 1 saturated heterocycles. The summed E-state index contributed by atoms with van der Waals surface area (Å²) in [6.45, 7) is 9.72. The van der Waals surface area contributed by atoms with Crippen molar-refractivity contribution in [1.82, 2.24) is 10.2 Å². The minimum absolute atomic E-state index is 0.346.